The average molecular weight is 450 g/mol. The summed E-state index contributed by atoms with van der Waals surface area (Å²) in [5, 5.41) is 14.3. The summed E-state index contributed by atoms with van der Waals surface area (Å²) in [6.07, 6.45) is 8.65. The molecule has 2 unspecified atom stereocenters. The van der Waals surface area contributed by atoms with Gasteiger partial charge in [0.05, 0.1) is 6.61 Å². The quantitative estimate of drug-likeness (QED) is 0.424. The van der Waals surface area contributed by atoms with E-state index in [0.29, 0.717) is 0 Å². The van der Waals surface area contributed by atoms with Gasteiger partial charge in [-0.3, -0.25) is 20.4 Å². The van der Waals surface area contributed by atoms with Gasteiger partial charge in [0.1, 0.15) is 13.2 Å². The first-order valence-electron chi connectivity index (χ1n) is 10.2. The summed E-state index contributed by atoms with van der Waals surface area (Å²) < 4.78 is 17.2. The second kappa shape index (κ2) is 13.1. The van der Waals surface area contributed by atoms with E-state index < -0.39 is 24.8 Å². The summed E-state index contributed by atoms with van der Waals surface area (Å²) in [5.74, 6) is 0. The fourth-order valence-corrected chi connectivity index (χ4v) is 2.58. The van der Waals surface area contributed by atoms with Crippen LogP contribution in [0.1, 0.15) is 20.8 Å². The lowest BCUT2D eigenvalue weighted by Gasteiger charge is -2.36. The van der Waals surface area contributed by atoms with Crippen LogP contribution in [0.3, 0.4) is 0 Å². The SMILES string of the molecule is CC=CCOC1=NC(OCC=CC)N(CCN2C(=O)NC(=O)NC2O)C(OCC=CC)=N1. The summed E-state index contributed by atoms with van der Waals surface area (Å²) in [7, 11) is 0. The second-order valence-electron chi connectivity index (χ2n) is 6.46. The normalized spacial score (nSPS) is 21.8. The number of amidine groups is 2. The summed E-state index contributed by atoms with van der Waals surface area (Å²) in [4.78, 5) is 34.8. The lowest BCUT2D eigenvalue weighted by molar-refractivity contribution is -0.0366. The Balaban J connectivity index is 2.20. The number of allylic oxidation sites excluding steroid dienone is 3. The maximum Gasteiger partial charge on any atom is 0.329 e. The van der Waals surface area contributed by atoms with E-state index in [1.54, 1.807) is 11.0 Å². The molecule has 176 valence electrons. The molecule has 12 nitrogen and oxygen atoms in total. The highest BCUT2D eigenvalue weighted by Crippen LogP contribution is 2.15. The minimum atomic E-state index is -1.46. The van der Waals surface area contributed by atoms with Gasteiger partial charge >= 0.3 is 24.1 Å². The molecule has 0 aromatic rings. The van der Waals surface area contributed by atoms with Crippen molar-refractivity contribution >= 4 is 24.1 Å². The van der Waals surface area contributed by atoms with Crippen LogP contribution in [-0.2, 0) is 14.2 Å². The lowest BCUT2D eigenvalue weighted by Crippen LogP contribution is -2.64. The summed E-state index contributed by atoms with van der Waals surface area (Å²) in [5.41, 5.74) is 0. The van der Waals surface area contributed by atoms with Gasteiger partial charge in [-0.15, -0.1) is 4.99 Å². The van der Waals surface area contributed by atoms with E-state index in [1.807, 2.05) is 51.2 Å². The van der Waals surface area contributed by atoms with Crippen LogP contribution in [0.15, 0.2) is 46.4 Å². The number of carbonyl (C=O) groups is 2. The van der Waals surface area contributed by atoms with Gasteiger partial charge in [-0.2, -0.15) is 4.99 Å². The van der Waals surface area contributed by atoms with Gasteiger partial charge in [-0.25, -0.2) is 9.59 Å². The van der Waals surface area contributed by atoms with E-state index >= 15 is 0 Å². The second-order valence-corrected chi connectivity index (χ2v) is 6.46. The maximum atomic E-state index is 12.1. The molecule has 12 heteroatoms. The van der Waals surface area contributed by atoms with Crippen molar-refractivity contribution < 1.29 is 28.9 Å². The number of nitrogens with zero attached hydrogens (tertiary/aromatic N) is 4. The van der Waals surface area contributed by atoms with Gasteiger partial charge in [0.2, 0.25) is 12.7 Å². The number of aliphatic imine (C=N–C) groups is 2. The highest BCUT2D eigenvalue weighted by atomic mass is 16.6. The molecule has 2 aliphatic rings. The zero-order chi connectivity index (χ0) is 23.3. The van der Waals surface area contributed by atoms with Crippen molar-refractivity contribution in [2.75, 3.05) is 32.9 Å². The van der Waals surface area contributed by atoms with Crippen molar-refractivity contribution in [1.82, 2.24) is 20.4 Å². The van der Waals surface area contributed by atoms with Crippen molar-refractivity contribution in [3.05, 3.63) is 36.5 Å². The number of carbonyl (C=O) groups excluding carboxylic acids is 2. The predicted octanol–water partition coefficient (Wildman–Crippen LogP) is 1.09. The van der Waals surface area contributed by atoms with Crippen LogP contribution in [0.2, 0.25) is 0 Å². The molecule has 2 atom stereocenters. The van der Waals surface area contributed by atoms with Gasteiger partial charge in [-0.1, -0.05) is 36.5 Å². The largest absolute Gasteiger partial charge is 0.460 e. The minimum Gasteiger partial charge on any atom is -0.460 e. The molecule has 4 amide bonds. The number of aliphatic hydroxyl groups is 1. The zero-order valence-corrected chi connectivity index (χ0v) is 18.4. The summed E-state index contributed by atoms with van der Waals surface area (Å²) >= 11 is 0. The van der Waals surface area contributed by atoms with E-state index in [-0.39, 0.29) is 45.0 Å². The number of rotatable bonds is 10. The highest BCUT2D eigenvalue weighted by Gasteiger charge is 2.34. The van der Waals surface area contributed by atoms with Gasteiger partial charge < -0.3 is 19.3 Å². The Morgan fingerprint density at radius 2 is 1.59 bits per heavy atom. The number of urea groups is 2. The molecule has 0 spiro atoms. The summed E-state index contributed by atoms with van der Waals surface area (Å²) in [6.45, 7) is 6.57. The van der Waals surface area contributed by atoms with Crippen molar-refractivity contribution in [3.8, 4) is 0 Å². The monoisotopic (exact) mass is 450 g/mol. The molecule has 32 heavy (non-hydrogen) atoms. The lowest BCUT2D eigenvalue weighted by atomic mass is 10.4. The number of hydrogen-bond acceptors (Lipinski definition) is 9. The molecule has 3 N–H and O–H groups in total. The number of aliphatic hydroxyl groups excluding tert-OH is 1. The number of nitrogens with one attached hydrogen (secondary N) is 2. The smallest absolute Gasteiger partial charge is 0.329 e. The van der Waals surface area contributed by atoms with E-state index in [4.69, 9.17) is 14.2 Å². The number of hydrogen-bond donors (Lipinski definition) is 3. The zero-order valence-electron chi connectivity index (χ0n) is 18.4. The molecule has 0 saturated carbocycles. The Hall–Kier alpha value is -3.38. The van der Waals surface area contributed by atoms with Crippen LogP contribution in [0.5, 0.6) is 0 Å². The predicted molar refractivity (Wildman–Crippen MR) is 117 cm³/mol. The topological polar surface area (TPSA) is 137 Å². The Morgan fingerprint density at radius 3 is 2.25 bits per heavy atom. The van der Waals surface area contributed by atoms with Crippen LogP contribution < -0.4 is 10.6 Å². The first kappa shape index (κ1) is 24.9. The first-order chi connectivity index (χ1) is 15.5. The average Bonchev–Trinajstić information content (AvgIpc) is 2.75. The van der Waals surface area contributed by atoms with Gasteiger partial charge in [0, 0.05) is 13.1 Å². The third-order valence-electron chi connectivity index (χ3n) is 4.21. The first-order valence-corrected chi connectivity index (χ1v) is 10.2. The third-order valence-corrected chi connectivity index (χ3v) is 4.21. The molecular formula is C20H30N6O6. The number of amides is 4. The Morgan fingerprint density at radius 1 is 0.969 bits per heavy atom. The van der Waals surface area contributed by atoms with Crippen molar-refractivity contribution in [2.24, 2.45) is 9.98 Å². The molecule has 1 saturated heterocycles. The van der Waals surface area contributed by atoms with Gasteiger partial charge in [0.25, 0.3) is 0 Å². The Kier molecular flexibility index (Phi) is 10.2. The van der Waals surface area contributed by atoms with Crippen LogP contribution >= 0.6 is 0 Å². The molecule has 0 aliphatic carbocycles. The molecule has 2 aliphatic heterocycles. The standard InChI is InChI=1S/C20H30N6O6/c1-4-7-12-30-16-23-19(31-13-8-5-2)26(20(24-16)32-14-9-6-3)11-10-25-17(28)21-15(27)22-18(25)29/h4-9,17,19,28H,10-14H2,1-3H3,(H2,21,22,27,29). The van der Waals surface area contributed by atoms with Crippen LogP contribution in [0, 0.1) is 0 Å². The Bertz CT molecular complexity index is 793. The van der Waals surface area contributed by atoms with Crippen LogP contribution in [-0.4, -0.2) is 84.6 Å². The van der Waals surface area contributed by atoms with Crippen molar-refractivity contribution in [3.63, 3.8) is 0 Å². The Labute approximate surface area is 186 Å². The van der Waals surface area contributed by atoms with Crippen molar-refractivity contribution in [2.45, 2.75) is 33.5 Å². The van der Waals surface area contributed by atoms with Crippen molar-refractivity contribution in [1.29, 1.82) is 0 Å². The third kappa shape index (κ3) is 7.39. The molecule has 1 fully saturated rings. The van der Waals surface area contributed by atoms with E-state index in [2.05, 4.69) is 20.6 Å². The fourth-order valence-electron chi connectivity index (χ4n) is 2.58. The maximum absolute atomic E-state index is 12.1. The molecule has 0 radical (unpaired) electrons. The fraction of sp³-hybridized carbons (Fsp3) is 0.500. The molecular weight excluding hydrogens is 420 g/mol. The molecule has 0 aromatic carbocycles. The van der Waals surface area contributed by atoms with Gasteiger partial charge in [-0.05, 0) is 20.8 Å². The highest BCUT2D eigenvalue weighted by molar-refractivity contribution is 5.95. The van der Waals surface area contributed by atoms with Crippen LogP contribution in [0.4, 0.5) is 9.59 Å². The van der Waals surface area contributed by atoms with E-state index in [1.165, 1.54) is 0 Å². The molecule has 2 rings (SSSR count). The van der Waals surface area contributed by atoms with Crippen LogP contribution in [0.25, 0.3) is 0 Å². The summed E-state index contributed by atoms with van der Waals surface area (Å²) in [6, 6.07) is -1.20. The molecule has 0 aromatic heterocycles. The van der Waals surface area contributed by atoms with Gasteiger partial charge in [0.15, 0.2) is 0 Å². The van der Waals surface area contributed by atoms with E-state index in [0.717, 1.165) is 4.90 Å². The van der Waals surface area contributed by atoms with E-state index in [9.17, 15) is 14.7 Å². The molecule has 2 heterocycles. The number of imide groups is 1. The molecule has 0 bridgehead atoms. The minimum absolute atomic E-state index is 0.0209. The number of ether oxygens (including phenoxy) is 3.